The zero-order valence-corrected chi connectivity index (χ0v) is 28.4. The molecule has 0 aromatic heterocycles. The predicted molar refractivity (Wildman–Crippen MR) is 182 cm³/mol. The average molecular weight is 581 g/mol. The standard InChI is InChI=1S/C38H76O3/c1-4-7-9-11-13-15-17-19-21-23-25-27-29-31-34-40-37-38(36-39-33-6-3)41-35-32-30-28-26-24-22-20-18-16-14-12-10-8-5-2/h6,38H,3-5,7-37H2,1-2H3. The van der Waals surface area contributed by atoms with E-state index in [2.05, 4.69) is 20.4 Å². The van der Waals surface area contributed by atoms with Crippen molar-refractivity contribution in [1.82, 2.24) is 0 Å². The quantitative estimate of drug-likeness (QED) is 0.0540. The molecule has 0 aromatic rings. The lowest BCUT2D eigenvalue weighted by Crippen LogP contribution is -2.26. The number of ether oxygens (including phenoxy) is 3. The van der Waals surface area contributed by atoms with Gasteiger partial charge in [0.15, 0.2) is 0 Å². The molecule has 1 atom stereocenters. The largest absolute Gasteiger partial charge is 0.379 e. The van der Waals surface area contributed by atoms with Crippen molar-refractivity contribution >= 4 is 0 Å². The topological polar surface area (TPSA) is 27.7 Å². The Morgan fingerprint density at radius 1 is 0.415 bits per heavy atom. The lowest BCUT2D eigenvalue weighted by atomic mass is 10.0. The van der Waals surface area contributed by atoms with Crippen LogP contribution in [0, 0.1) is 0 Å². The highest BCUT2D eigenvalue weighted by molar-refractivity contribution is 4.65. The molecule has 0 rings (SSSR count). The Kier molecular flexibility index (Phi) is 37.3. The first-order valence-corrected chi connectivity index (χ1v) is 18.7. The third-order valence-electron chi connectivity index (χ3n) is 8.34. The Labute approximate surface area is 259 Å². The van der Waals surface area contributed by atoms with Gasteiger partial charge in [0.2, 0.25) is 0 Å². The normalized spacial score (nSPS) is 12.2. The van der Waals surface area contributed by atoms with Crippen molar-refractivity contribution in [3.05, 3.63) is 12.7 Å². The third kappa shape index (κ3) is 35.7. The molecule has 0 saturated carbocycles. The van der Waals surface area contributed by atoms with Crippen LogP contribution in [0.2, 0.25) is 0 Å². The minimum atomic E-state index is 0.0450. The molecule has 41 heavy (non-hydrogen) atoms. The maximum atomic E-state index is 6.14. The van der Waals surface area contributed by atoms with E-state index in [4.69, 9.17) is 14.2 Å². The van der Waals surface area contributed by atoms with Crippen molar-refractivity contribution in [3.8, 4) is 0 Å². The number of hydrogen-bond acceptors (Lipinski definition) is 3. The summed E-state index contributed by atoms with van der Waals surface area (Å²) in [5.74, 6) is 0. The highest BCUT2D eigenvalue weighted by atomic mass is 16.6. The molecule has 0 aliphatic rings. The molecule has 0 fully saturated rings. The Balaban J connectivity index is 3.54. The molecule has 0 aliphatic carbocycles. The van der Waals surface area contributed by atoms with Gasteiger partial charge in [-0.1, -0.05) is 187 Å². The molecule has 0 radical (unpaired) electrons. The molecule has 246 valence electrons. The van der Waals surface area contributed by atoms with E-state index in [9.17, 15) is 0 Å². The highest BCUT2D eigenvalue weighted by Gasteiger charge is 2.10. The maximum absolute atomic E-state index is 6.14. The molecule has 0 aromatic carbocycles. The summed E-state index contributed by atoms with van der Waals surface area (Å²) in [5, 5.41) is 0. The Morgan fingerprint density at radius 3 is 1.10 bits per heavy atom. The van der Waals surface area contributed by atoms with Crippen LogP contribution >= 0.6 is 0 Å². The predicted octanol–water partition coefficient (Wildman–Crippen LogP) is 12.6. The molecule has 1 unspecified atom stereocenters. The molecule has 3 heteroatoms. The van der Waals surface area contributed by atoms with Crippen LogP contribution in [-0.2, 0) is 14.2 Å². The highest BCUT2D eigenvalue weighted by Crippen LogP contribution is 2.14. The number of rotatable bonds is 37. The van der Waals surface area contributed by atoms with Crippen molar-refractivity contribution < 1.29 is 14.2 Å². The summed E-state index contributed by atoms with van der Waals surface area (Å²) in [4.78, 5) is 0. The van der Waals surface area contributed by atoms with Crippen molar-refractivity contribution in [1.29, 1.82) is 0 Å². The molecule has 0 saturated heterocycles. The summed E-state index contributed by atoms with van der Waals surface area (Å²) in [7, 11) is 0. The van der Waals surface area contributed by atoms with Crippen LogP contribution in [0.25, 0.3) is 0 Å². The molecule has 0 heterocycles. The fourth-order valence-corrected chi connectivity index (χ4v) is 5.59. The van der Waals surface area contributed by atoms with E-state index in [1.807, 2.05) is 0 Å². The van der Waals surface area contributed by atoms with Gasteiger partial charge >= 0.3 is 0 Å². The van der Waals surface area contributed by atoms with E-state index in [0.717, 1.165) is 26.1 Å². The van der Waals surface area contributed by atoms with E-state index in [1.165, 1.54) is 167 Å². The van der Waals surface area contributed by atoms with E-state index in [0.29, 0.717) is 19.8 Å². The van der Waals surface area contributed by atoms with Crippen LogP contribution in [0.4, 0.5) is 0 Å². The van der Waals surface area contributed by atoms with Crippen LogP contribution in [0.5, 0.6) is 0 Å². The second kappa shape index (κ2) is 37.6. The molecular formula is C38H76O3. The first-order chi connectivity index (χ1) is 20.3. The van der Waals surface area contributed by atoms with Crippen LogP contribution in [0.1, 0.15) is 194 Å². The van der Waals surface area contributed by atoms with Gasteiger partial charge in [0.1, 0.15) is 6.10 Å². The van der Waals surface area contributed by atoms with Gasteiger partial charge in [-0.15, -0.1) is 6.58 Å². The summed E-state index contributed by atoms with van der Waals surface area (Å²) < 4.78 is 17.8. The van der Waals surface area contributed by atoms with Crippen LogP contribution in [0.3, 0.4) is 0 Å². The molecule has 0 aliphatic heterocycles. The number of hydrogen-bond donors (Lipinski definition) is 0. The summed E-state index contributed by atoms with van der Waals surface area (Å²) in [6, 6.07) is 0. The Morgan fingerprint density at radius 2 is 0.732 bits per heavy atom. The van der Waals surface area contributed by atoms with Crippen LogP contribution in [0.15, 0.2) is 12.7 Å². The van der Waals surface area contributed by atoms with Crippen LogP contribution < -0.4 is 0 Å². The van der Waals surface area contributed by atoms with Gasteiger partial charge in [-0.3, -0.25) is 0 Å². The summed E-state index contributed by atoms with van der Waals surface area (Å²) >= 11 is 0. The van der Waals surface area contributed by atoms with Crippen molar-refractivity contribution in [2.75, 3.05) is 33.0 Å². The van der Waals surface area contributed by atoms with Crippen molar-refractivity contribution in [3.63, 3.8) is 0 Å². The van der Waals surface area contributed by atoms with Gasteiger partial charge in [0.05, 0.1) is 19.8 Å². The summed E-state index contributed by atoms with van der Waals surface area (Å²) in [6.07, 6.45) is 40.7. The molecule has 0 N–H and O–H groups in total. The second-order valence-electron chi connectivity index (χ2n) is 12.6. The fraction of sp³-hybridized carbons (Fsp3) is 0.947. The Bertz CT molecular complexity index is 466. The zero-order valence-electron chi connectivity index (χ0n) is 28.4. The van der Waals surface area contributed by atoms with E-state index < -0.39 is 0 Å². The second-order valence-corrected chi connectivity index (χ2v) is 12.6. The van der Waals surface area contributed by atoms with E-state index in [1.54, 1.807) is 6.08 Å². The minimum Gasteiger partial charge on any atom is -0.379 e. The first-order valence-electron chi connectivity index (χ1n) is 18.7. The maximum Gasteiger partial charge on any atom is 0.104 e. The third-order valence-corrected chi connectivity index (χ3v) is 8.34. The SMILES string of the molecule is C=CCOCC(COCCCCCCCCCCCCCCCC)OCCCCCCCCCCCCCCCC. The van der Waals surface area contributed by atoms with Gasteiger partial charge in [-0.25, -0.2) is 0 Å². The van der Waals surface area contributed by atoms with E-state index >= 15 is 0 Å². The summed E-state index contributed by atoms with van der Waals surface area (Å²) in [6.45, 7) is 11.8. The number of unbranched alkanes of at least 4 members (excludes halogenated alkanes) is 26. The molecule has 0 bridgehead atoms. The van der Waals surface area contributed by atoms with Gasteiger partial charge in [-0.05, 0) is 12.8 Å². The smallest absolute Gasteiger partial charge is 0.104 e. The minimum absolute atomic E-state index is 0.0450. The summed E-state index contributed by atoms with van der Waals surface area (Å²) in [5.41, 5.74) is 0. The van der Waals surface area contributed by atoms with Gasteiger partial charge in [-0.2, -0.15) is 0 Å². The molecule has 0 spiro atoms. The molecule has 3 nitrogen and oxygen atoms in total. The van der Waals surface area contributed by atoms with Gasteiger partial charge in [0.25, 0.3) is 0 Å². The van der Waals surface area contributed by atoms with E-state index in [-0.39, 0.29) is 6.10 Å². The van der Waals surface area contributed by atoms with Gasteiger partial charge in [0, 0.05) is 13.2 Å². The molecular weight excluding hydrogens is 504 g/mol. The monoisotopic (exact) mass is 581 g/mol. The fourth-order valence-electron chi connectivity index (χ4n) is 5.59. The first kappa shape index (κ1) is 40.6. The van der Waals surface area contributed by atoms with Crippen molar-refractivity contribution in [2.45, 2.75) is 200 Å². The zero-order chi connectivity index (χ0) is 29.7. The lowest BCUT2D eigenvalue weighted by Gasteiger charge is -2.18. The van der Waals surface area contributed by atoms with Crippen LogP contribution in [-0.4, -0.2) is 39.1 Å². The van der Waals surface area contributed by atoms with Crippen molar-refractivity contribution in [2.24, 2.45) is 0 Å². The molecule has 0 amide bonds. The Hall–Kier alpha value is -0.380. The lowest BCUT2D eigenvalue weighted by molar-refractivity contribution is -0.0573. The average Bonchev–Trinajstić information content (AvgIpc) is 2.98. The van der Waals surface area contributed by atoms with Gasteiger partial charge < -0.3 is 14.2 Å².